The maximum absolute atomic E-state index is 12.9. The fraction of sp³-hybridized carbons (Fsp3) is 0.318. The summed E-state index contributed by atoms with van der Waals surface area (Å²) in [5.41, 5.74) is 1.86. The van der Waals surface area contributed by atoms with Crippen molar-refractivity contribution in [3.63, 3.8) is 0 Å². The van der Waals surface area contributed by atoms with Gasteiger partial charge in [-0.25, -0.2) is 0 Å². The number of carbonyl (C=O) groups is 3. The third kappa shape index (κ3) is 5.38. The van der Waals surface area contributed by atoms with Gasteiger partial charge in [0.2, 0.25) is 5.91 Å². The summed E-state index contributed by atoms with van der Waals surface area (Å²) in [7, 11) is 0. The molecule has 0 saturated carbocycles. The summed E-state index contributed by atoms with van der Waals surface area (Å²) in [4.78, 5) is 37.9. The minimum Gasteiger partial charge on any atom is -0.463 e. The third-order valence-electron chi connectivity index (χ3n) is 4.42. The van der Waals surface area contributed by atoms with E-state index in [0.29, 0.717) is 11.3 Å². The van der Waals surface area contributed by atoms with Gasteiger partial charge in [-0.3, -0.25) is 14.4 Å². The Labute approximate surface area is 174 Å². The van der Waals surface area contributed by atoms with E-state index in [1.165, 1.54) is 11.8 Å². The van der Waals surface area contributed by atoms with Gasteiger partial charge in [-0.2, -0.15) is 0 Å². The van der Waals surface area contributed by atoms with E-state index in [1.807, 2.05) is 43.3 Å². The number of ether oxygens (including phenoxy) is 1. The van der Waals surface area contributed by atoms with Crippen LogP contribution in [0.5, 0.6) is 0 Å². The van der Waals surface area contributed by atoms with E-state index in [4.69, 9.17) is 4.74 Å². The quantitative estimate of drug-likeness (QED) is 0.702. The van der Waals surface area contributed by atoms with Crippen molar-refractivity contribution in [3.8, 4) is 0 Å². The molecule has 2 N–H and O–H groups in total. The number of rotatable bonds is 6. The molecule has 0 radical (unpaired) electrons. The van der Waals surface area contributed by atoms with Crippen molar-refractivity contribution in [2.45, 2.75) is 49.5 Å². The van der Waals surface area contributed by atoms with Gasteiger partial charge in [0, 0.05) is 10.5 Å². The highest BCUT2D eigenvalue weighted by molar-refractivity contribution is 8.00. The van der Waals surface area contributed by atoms with Gasteiger partial charge in [-0.1, -0.05) is 30.3 Å². The highest BCUT2D eigenvalue weighted by Crippen LogP contribution is 2.36. The zero-order chi connectivity index (χ0) is 21.0. The Kier molecular flexibility index (Phi) is 6.59. The molecule has 0 aromatic heterocycles. The van der Waals surface area contributed by atoms with Crippen molar-refractivity contribution in [2.24, 2.45) is 0 Å². The highest BCUT2D eigenvalue weighted by atomic mass is 32.2. The molecule has 1 heterocycles. The average molecular weight is 413 g/mol. The third-order valence-corrected chi connectivity index (χ3v) is 5.60. The zero-order valence-electron chi connectivity index (χ0n) is 16.6. The topological polar surface area (TPSA) is 84.5 Å². The molecule has 1 aliphatic heterocycles. The molecule has 2 amide bonds. The van der Waals surface area contributed by atoms with Crippen LogP contribution in [0.1, 0.15) is 49.2 Å². The molecule has 0 spiro atoms. The number of anilines is 1. The summed E-state index contributed by atoms with van der Waals surface area (Å²) < 4.78 is 5.25. The van der Waals surface area contributed by atoms with Crippen LogP contribution in [-0.4, -0.2) is 29.1 Å². The summed E-state index contributed by atoms with van der Waals surface area (Å²) in [5.74, 6) is -0.784. The van der Waals surface area contributed by atoms with Crippen LogP contribution < -0.4 is 10.6 Å². The van der Waals surface area contributed by atoms with Crippen LogP contribution in [0.25, 0.3) is 0 Å². The molecule has 29 heavy (non-hydrogen) atoms. The van der Waals surface area contributed by atoms with E-state index in [1.54, 1.807) is 26.0 Å². The molecule has 7 heteroatoms. The molecule has 2 aromatic rings. The Morgan fingerprint density at radius 1 is 1.17 bits per heavy atom. The molecule has 0 aliphatic carbocycles. The molecule has 0 unspecified atom stereocenters. The van der Waals surface area contributed by atoms with Gasteiger partial charge >= 0.3 is 5.97 Å². The first kappa shape index (κ1) is 20.9. The lowest BCUT2D eigenvalue weighted by atomic mass is 10.0. The SMILES string of the molecule is CC(C)OC(=O)C[C@H](NC(=O)c1ccc2c(c1)NC(=O)[C@H](C)S2)c1ccccc1. The number of amides is 2. The summed E-state index contributed by atoms with van der Waals surface area (Å²) >= 11 is 1.46. The second-order valence-electron chi connectivity index (χ2n) is 7.14. The molecule has 2 aromatic carbocycles. The summed E-state index contributed by atoms with van der Waals surface area (Å²) in [5, 5.41) is 5.58. The van der Waals surface area contributed by atoms with E-state index < -0.39 is 6.04 Å². The van der Waals surface area contributed by atoms with Gasteiger partial charge in [-0.05, 0) is 44.5 Å². The zero-order valence-corrected chi connectivity index (χ0v) is 17.4. The molecule has 0 fully saturated rings. The minimum absolute atomic E-state index is 0.0307. The van der Waals surface area contributed by atoms with E-state index in [0.717, 1.165) is 10.5 Å². The van der Waals surface area contributed by atoms with Crippen molar-refractivity contribution in [1.82, 2.24) is 5.32 Å². The van der Waals surface area contributed by atoms with Gasteiger partial charge in [0.05, 0.1) is 29.5 Å². The molecule has 2 atom stereocenters. The maximum atomic E-state index is 12.9. The van der Waals surface area contributed by atoms with Crippen LogP contribution >= 0.6 is 11.8 Å². The van der Waals surface area contributed by atoms with Gasteiger partial charge in [0.1, 0.15) is 0 Å². The molecule has 152 valence electrons. The molecular formula is C22H24N2O4S. The normalized spacial score (nSPS) is 16.6. The number of thioether (sulfide) groups is 1. The lowest BCUT2D eigenvalue weighted by Crippen LogP contribution is -2.31. The summed E-state index contributed by atoms with van der Waals surface area (Å²) in [6, 6.07) is 14.0. The lowest BCUT2D eigenvalue weighted by molar-refractivity contribution is -0.148. The molecule has 1 aliphatic rings. The predicted octanol–water partition coefficient (Wildman–Crippen LogP) is 3.93. The Hall–Kier alpha value is -2.80. The molecule has 0 bridgehead atoms. The largest absolute Gasteiger partial charge is 0.463 e. The van der Waals surface area contributed by atoms with Crippen LogP contribution in [0.4, 0.5) is 5.69 Å². The van der Waals surface area contributed by atoms with Gasteiger partial charge in [0.25, 0.3) is 5.91 Å². The summed E-state index contributed by atoms with van der Waals surface area (Å²) in [6.45, 7) is 5.41. The number of benzene rings is 2. The molecule has 6 nitrogen and oxygen atoms in total. The average Bonchev–Trinajstić information content (AvgIpc) is 2.68. The van der Waals surface area contributed by atoms with Crippen molar-refractivity contribution >= 4 is 35.2 Å². The fourth-order valence-corrected chi connectivity index (χ4v) is 3.94. The molecular weight excluding hydrogens is 388 g/mol. The monoisotopic (exact) mass is 412 g/mol. The van der Waals surface area contributed by atoms with Crippen LogP contribution in [0.15, 0.2) is 53.4 Å². The maximum Gasteiger partial charge on any atom is 0.308 e. The van der Waals surface area contributed by atoms with Gasteiger partial charge in [-0.15, -0.1) is 11.8 Å². The van der Waals surface area contributed by atoms with Crippen molar-refractivity contribution < 1.29 is 19.1 Å². The summed E-state index contributed by atoms with van der Waals surface area (Å²) in [6.07, 6.45) is -0.193. The van der Waals surface area contributed by atoms with E-state index >= 15 is 0 Å². The van der Waals surface area contributed by atoms with Gasteiger partial charge in [0.15, 0.2) is 0 Å². The van der Waals surface area contributed by atoms with Crippen LogP contribution in [0.3, 0.4) is 0 Å². The van der Waals surface area contributed by atoms with E-state index in [9.17, 15) is 14.4 Å². The molecule has 0 saturated heterocycles. The fourth-order valence-electron chi connectivity index (χ4n) is 3.01. The van der Waals surface area contributed by atoms with Crippen LogP contribution in [-0.2, 0) is 14.3 Å². The first-order valence-electron chi connectivity index (χ1n) is 9.50. The van der Waals surface area contributed by atoms with E-state index in [-0.39, 0.29) is 35.6 Å². The van der Waals surface area contributed by atoms with Crippen LogP contribution in [0, 0.1) is 0 Å². The van der Waals surface area contributed by atoms with E-state index in [2.05, 4.69) is 10.6 Å². The number of hydrogen-bond acceptors (Lipinski definition) is 5. The predicted molar refractivity (Wildman–Crippen MR) is 113 cm³/mol. The van der Waals surface area contributed by atoms with Crippen molar-refractivity contribution in [2.75, 3.05) is 5.32 Å². The lowest BCUT2D eigenvalue weighted by Gasteiger charge is -2.23. The van der Waals surface area contributed by atoms with Crippen molar-refractivity contribution in [1.29, 1.82) is 0 Å². The first-order valence-corrected chi connectivity index (χ1v) is 10.4. The molecule has 3 rings (SSSR count). The number of hydrogen-bond donors (Lipinski definition) is 2. The Morgan fingerprint density at radius 2 is 1.90 bits per heavy atom. The Balaban J connectivity index is 1.78. The first-order chi connectivity index (χ1) is 13.8. The standard InChI is InChI=1S/C22H24N2O4S/c1-13(2)28-20(25)12-17(15-7-5-4-6-8-15)23-22(27)16-9-10-19-18(11-16)24-21(26)14(3)29-19/h4-11,13-14,17H,12H2,1-3H3,(H,23,27)(H,24,26)/t14-,17-/m0/s1. The Bertz CT molecular complexity index is 914. The number of nitrogens with one attached hydrogen (secondary N) is 2. The number of esters is 1. The Morgan fingerprint density at radius 3 is 2.59 bits per heavy atom. The van der Waals surface area contributed by atoms with Gasteiger partial charge < -0.3 is 15.4 Å². The second-order valence-corrected chi connectivity index (χ2v) is 8.52. The number of carbonyl (C=O) groups excluding carboxylic acids is 3. The second kappa shape index (κ2) is 9.13. The number of fused-ring (bicyclic) bond motifs is 1. The van der Waals surface area contributed by atoms with Crippen LogP contribution in [0.2, 0.25) is 0 Å². The smallest absolute Gasteiger partial charge is 0.308 e. The van der Waals surface area contributed by atoms with Crippen molar-refractivity contribution in [3.05, 3.63) is 59.7 Å². The highest BCUT2D eigenvalue weighted by Gasteiger charge is 2.25. The minimum atomic E-state index is -0.519.